The summed E-state index contributed by atoms with van der Waals surface area (Å²) in [4.78, 5) is 16.8. The van der Waals surface area contributed by atoms with E-state index in [4.69, 9.17) is 0 Å². The van der Waals surface area contributed by atoms with Gasteiger partial charge in [-0.3, -0.25) is 4.79 Å². The third-order valence-corrected chi connectivity index (χ3v) is 7.62. The topological polar surface area (TPSA) is 76.1 Å². The first-order valence-electron chi connectivity index (χ1n) is 8.85. The van der Waals surface area contributed by atoms with Crippen LogP contribution in [0, 0.1) is 0 Å². The summed E-state index contributed by atoms with van der Waals surface area (Å²) >= 11 is 1.67. The van der Waals surface area contributed by atoms with E-state index >= 15 is 0 Å². The zero-order valence-electron chi connectivity index (χ0n) is 15.3. The second kappa shape index (κ2) is 8.19. The van der Waals surface area contributed by atoms with Gasteiger partial charge in [-0.1, -0.05) is 31.2 Å². The van der Waals surface area contributed by atoms with Gasteiger partial charge in [-0.25, -0.2) is 13.4 Å². The lowest BCUT2D eigenvalue weighted by Crippen LogP contribution is -2.34. The fourth-order valence-corrected chi connectivity index (χ4v) is 5.05. The molecule has 0 aliphatic carbocycles. The third kappa shape index (κ3) is 4.73. The lowest BCUT2D eigenvalue weighted by atomic mass is 10.1. The number of fused-ring (bicyclic) bond motifs is 1. The summed E-state index contributed by atoms with van der Waals surface area (Å²) < 4.78 is 25.2. The molecule has 0 radical (unpaired) electrons. The van der Waals surface area contributed by atoms with Gasteiger partial charge in [0.1, 0.15) is 5.25 Å². The van der Waals surface area contributed by atoms with Crippen LogP contribution in [0.4, 0.5) is 5.69 Å². The van der Waals surface area contributed by atoms with Crippen LogP contribution >= 0.6 is 11.3 Å². The normalized spacial score (nSPS) is 12.8. The molecule has 3 rings (SSSR count). The average molecular weight is 403 g/mol. The van der Waals surface area contributed by atoms with Crippen LogP contribution < -0.4 is 5.32 Å². The monoisotopic (exact) mass is 402 g/mol. The van der Waals surface area contributed by atoms with Crippen molar-refractivity contribution in [3.63, 3.8) is 0 Å². The van der Waals surface area contributed by atoms with E-state index in [-0.39, 0.29) is 5.75 Å². The molecule has 0 aliphatic heterocycles. The molecule has 1 atom stereocenters. The van der Waals surface area contributed by atoms with Gasteiger partial charge in [0, 0.05) is 12.1 Å². The summed E-state index contributed by atoms with van der Waals surface area (Å²) in [5.41, 5.74) is 2.67. The molecule has 2 aromatic carbocycles. The Balaban J connectivity index is 1.65. The van der Waals surface area contributed by atoms with Crippen molar-refractivity contribution in [2.24, 2.45) is 0 Å². The number of carbonyl (C=O) groups is 1. The van der Waals surface area contributed by atoms with E-state index in [0.29, 0.717) is 12.1 Å². The number of rotatable bonds is 7. The maximum absolute atomic E-state index is 12.2. The van der Waals surface area contributed by atoms with Crippen molar-refractivity contribution >= 4 is 43.0 Å². The fourth-order valence-electron chi connectivity index (χ4n) is 2.74. The van der Waals surface area contributed by atoms with Gasteiger partial charge < -0.3 is 5.32 Å². The van der Waals surface area contributed by atoms with E-state index in [1.54, 1.807) is 30.4 Å². The SMILES string of the molecule is CCCS(=O)(=O)C(C)C(=O)Nc1ccc(Cc2nc3ccccc3s2)cc1. The molecule has 0 aliphatic rings. The number of amides is 1. The molecule has 3 aromatic rings. The van der Waals surface area contributed by atoms with Crippen molar-refractivity contribution in [3.05, 3.63) is 59.1 Å². The Morgan fingerprint density at radius 3 is 2.52 bits per heavy atom. The quantitative estimate of drug-likeness (QED) is 0.647. The van der Waals surface area contributed by atoms with Crippen LogP contribution in [-0.2, 0) is 21.1 Å². The van der Waals surface area contributed by atoms with Gasteiger partial charge in [0.15, 0.2) is 9.84 Å². The minimum absolute atomic E-state index is 0.0166. The van der Waals surface area contributed by atoms with Crippen molar-refractivity contribution in [1.29, 1.82) is 0 Å². The van der Waals surface area contributed by atoms with Crippen LogP contribution in [-0.4, -0.2) is 30.3 Å². The van der Waals surface area contributed by atoms with Gasteiger partial charge >= 0.3 is 0 Å². The number of nitrogens with one attached hydrogen (secondary N) is 1. The van der Waals surface area contributed by atoms with Crippen molar-refractivity contribution < 1.29 is 13.2 Å². The number of hydrogen-bond donors (Lipinski definition) is 1. The minimum atomic E-state index is -3.41. The Morgan fingerprint density at radius 2 is 1.85 bits per heavy atom. The van der Waals surface area contributed by atoms with Crippen LogP contribution in [0.2, 0.25) is 0 Å². The van der Waals surface area contributed by atoms with Crippen LogP contribution in [0.5, 0.6) is 0 Å². The van der Waals surface area contributed by atoms with E-state index in [2.05, 4.69) is 16.4 Å². The Bertz CT molecular complexity index is 1010. The molecule has 5 nitrogen and oxygen atoms in total. The predicted molar refractivity (Wildman–Crippen MR) is 111 cm³/mol. The number of hydrogen-bond acceptors (Lipinski definition) is 5. The van der Waals surface area contributed by atoms with Gasteiger partial charge in [0.25, 0.3) is 0 Å². The van der Waals surface area contributed by atoms with Crippen molar-refractivity contribution in [2.45, 2.75) is 31.9 Å². The number of aromatic nitrogens is 1. The smallest absolute Gasteiger partial charge is 0.242 e. The number of nitrogens with zero attached hydrogens (tertiary/aromatic N) is 1. The number of para-hydroxylation sites is 1. The zero-order chi connectivity index (χ0) is 19.4. The second-order valence-electron chi connectivity index (χ2n) is 6.45. The van der Waals surface area contributed by atoms with E-state index in [1.165, 1.54) is 11.6 Å². The van der Waals surface area contributed by atoms with Crippen LogP contribution in [0.25, 0.3) is 10.2 Å². The highest BCUT2D eigenvalue weighted by molar-refractivity contribution is 7.92. The Kier molecular flexibility index (Phi) is 5.92. The summed E-state index contributed by atoms with van der Waals surface area (Å²) in [7, 11) is -3.41. The van der Waals surface area contributed by atoms with Gasteiger partial charge in [-0.15, -0.1) is 11.3 Å². The molecule has 0 spiro atoms. The predicted octanol–water partition coefficient (Wildman–Crippen LogP) is 4.04. The molecule has 0 bridgehead atoms. The average Bonchev–Trinajstić information content (AvgIpc) is 3.05. The summed E-state index contributed by atoms with van der Waals surface area (Å²) in [5, 5.41) is 2.67. The van der Waals surface area contributed by atoms with Crippen molar-refractivity contribution in [3.8, 4) is 0 Å². The first-order valence-corrected chi connectivity index (χ1v) is 11.4. The molecule has 0 saturated carbocycles. The van der Waals surface area contributed by atoms with Gasteiger partial charge in [-0.2, -0.15) is 0 Å². The number of thiazole rings is 1. The van der Waals surface area contributed by atoms with E-state index in [9.17, 15) is 13.2 Å². The van der Waals surface area contributed by atoms with Crippen LogP contribution in [0.1, 0.15) is 30.8 Å². The Hall–Kier alpha value is -2.25. The standard InChI is InChI=1S/C20H22N2O3S2/c1-3-12-27(24,25)14(2)20(23)21-16-10-8-15(9-11-16)13-19-22-17-6-4-5-7-18(17)26-19/h4-11,14H,3,12-13H2,1-2H3,(H,21,23). The summed E-state index contributed by atoms with van der Waals surface area (Å²) in [6.45, 7) is 3.22. The molecule has 1 N–H and O–H groups in total. The van der Waals surface area contributed by atoms with Gasteiger partial charge in [0.2, 0.25) is 5.91 Å². The van der Waals surface area contributed by atoms with Crippen molar-refractivity contribution in [1.82, 2.24) is 4.98 Å². The summed E-state index contributed by atoms with van der Waals surface area (Å²) in [6, 6.07) is 15.5. The lowest BCUT2D eigenvalue weighted by Gasteiger charge is -2.13. The fraction of sp³-hybridized carbons (Fsp3) is 0.300. The van der Waals surface area contributed by atoms with Crippen LogP contribution in [0.15, 0.2) is 48.5 Å². The molecular formula is C20H22N2O3S2. The zero-order valence-corrected chi connectivity index (χ0v) is 16.9. The highest BCUT2D eigenvalue weighted by atomic mass is 32.2. The highest BCUT2D eigenvalue weighted by Gasteiger charge is 2.27. The molecule has 142 valence electrons. The summed E-state index contributed by atoms with van der Waals surface area (Å²) in [6.07, 6.45) is 1.22. The van der Waals surface area contributed by atoms with E-state index in [1.807, 2.05) is 30.3 Å². The Labute approximate surface area is 163 Å². The van der Waals surface area contributed by atoms with E-state index < -0.39 is 21.0 Å². The molecule has 0 fully saturated rings. The van der Waals surface area contributed by atoms with Gasteiger partial charge in [0.05, 0.1) is 21.0 Å². The van der Waals surface area contributed by atoms with E-state index in [0.717, 1.165) is 22.5 Å². The molecule has 1 heterocycles. The number of benzene rings is 2. The second-order valence-corrected chi connectivity index (χ2v) is 10.0. The Morgan fingerprint density at radius 1 is 1.15 bits per heavy atom. The summed E-state index contributed by atoms with van der Waals surface area (Å²) in [5.74, 6) is -0.481. The number of anilines is 1. The molecule has 1 unspecified atom stereocenters. The maximum atomic E-state index is 12.2. The number of carbonyl (C=O) groups excluding carboxylic acids is 1. The largest absolute Gasteiger partial charge is 0.325 e. The molecule has 0 saturated heterocycles. The molecule has 7 heteroatoms. The third-order valence-electron chi connectivity index (χ3n) is 4.31. The molecular weight excluding hydrogens is 380 g/mol. The first-order chi connectivity index (χ1) is 12.9. The molecule has 27 heavy (non-hydrogen) atoms. The number of sulfone groups is 1. The van der Waals surface area contributed by atoms with Crippen molar-refractivity contribution in [2.75, 3.05) is 11.1 Å². The minimum Gasteiger partial charge on any atom is -0.325 e. The molecule has 1 aromatic heterocycles. The highest BCUT2D eigenvalue weighted by Crippen LogP contribution is 2.24. The first kappa shape index (κ1) is 19.5. The van der Waals surface area contributed by atoms with Gasteiger partial charge in [-0.05, 0) is 43.2 Å². The van der Waals surface area contributed by atoms with Crippen LogP contribution in [0.3, 0.4) is 0 Å². The maximum Gasteiger partial charge on any atom is 0.242 e. The lowest BCUT2D eigenvalue weighted by molar-refractivity contribution is -0.115. The molecule has 1 amide bonds.